The van der Waals surface area contributed by atoms with Crippen LogP contribution in [0.4, 0.5) is 0 Å². The van der Waals surface area contributed by atoms with Gasteiger partial charge in [-0.3, -0.25) is 0 Å². The van der Waals surface area contributed by atoms with Crippen LogP contribution < -0.4 is 5.32 Å². The topological polar surface area (TPSA) is 61.7 Å². The maximum absolute atomic E-state index is 11.9. The Morgan fingerprint density at radius 3 is 2.68 bits per heavy atom. The number of aliphatic carboxylic acids is 1. The third-order valence-electron chi connectivity index (χ3n) is 3.82. The molecule has 0 aliphatic carbocycles. The van der Waals surface area contributed by atoms with Crippen LogP contribution in [0, 0.1) is 0 Å². The van der Waals surface area contributed by atoms with Crippen molar-refractivity contribution in [3.63, 3.8) is 0 Å². The van der Waals surface area contributed by atoms with E-state index in [0.717, 1.165) is 21.6 Å². The number of amidine groups is 1. The summed E-state index contributed by atoms with van der Waals surface area (Å²) in [5.74, 6) is -0.987. The molecule has 0 aromatic carbocycles. The highest BCUT2D eigenvalue weighted by atomic mass is 32.1. The van der Waals surface area contributed by atoms with Crippen molar-refractivity contribution in [1.29, 1.82) is 0 Å². The zero-order valence-electron chi connectivity index (χ0n) is 15.0. The van der Waals surface area contributed by atoms with E-state index in [2.05, 4.69) is 10.3 Å². The zero-order valence-corrected chi connectivity index (χ0v) is 15.8. The average molecular weight is 353 g/mol. The molecule has 1 aliphatic heterocycles. The number of rotatable bonds is 6. The lowest BCUT2D eigenvalue weighted by atomic mass is 9.71. The Labute approximate surface area is 153 Å². The Kier molecular flexibility index (Phi) is 6.59. The van der Waals surface area contributed by atoms with Gasteiger partial charge in [-0.2, -0.15) is 0 Å². The first kappa shape index (κ1) is 19.0. The number of carboxylic acids is 1. The van der Waals surface area contributed by atoms with Crippen LogP contribution in [0.1, 0.15) is 39.0 Å². The fourth-order valence-electron chi connectivity index (χ4n) is 2.38. The molecule has 4 nitrogen and oxygen atoms in total. The summed E-state index contributed by atoms with van der Waals surface area (Å²) in [5.41, 5.74) is 4.33. The number of hydrogen-bond donors (Lipinski definition) is 2. The van der Waals surface area contributed by atoms with E-state index in [1.165, 1.54) is 0 Å². The molecule has 2 heterocycles. The number of carbonyl (C=O) groups is 1. The van der Waals surface area contributed by atoms with Crippen molar-refractivity contribution in [2.75, 3.05) is 0 Å². The number of allylic oxidation sites excluding steroid dienone is 6. The maximum Gasteiger partial charge on any atom is 0.337 e. The minimum absolute atomic E-state index is 0.188. The highest BCUT2D eigenvalue weighted by molar-refractivity contribution is 7.11. The SMILES string of the molecule is C\C=C(/C=C(C(=O)O)\C(=C\CC)N=C1[B]C(C)=C(C)N1)c1cccs1. The molecule has 0 fully saturated rings. The second-order valence-corrected chi connectivity index (χ2v) is 6.60. The highest BCUT2D eigenvalue weighted by Gasteiger charge is 2.19. The molecular weight excluding hydrogens is 331 g/mol. The molecule has 1 aliphatic rings. The summed E-state index contributed by atoms with van der Waals surface area (Å²) >= 11 is 1.58. The third-order valence-corrected chi connectivity index (χ3v) is 4.74. The van der Waals surface area contributed by atoms with Crippen LogP contribution in [0.15, 0.2) is 63.2 Å². The molecule has 1 aromatic heterocycles. The first-order chi connectivity index (χ1) is 12.0. The minimum atomic E-state index is -0.987. The summed E-state index contributed by atoms with van der Waals surface area (Å²) in [6.07, 6.45) is 6.16. The van der Waals surface area contributed by atoms with E-state index in [4.69, 9.17) is 0 Å². The van der Waals surface area contributed by atoms with Crippen molar-refractivity contribution < 1.29 is 9.90 Å². The fraction of sp³-hybridized carbons (Fsp3) is 0.263. The number of carboxylic acid groups (broad SMARTS) is 1. The monoisotopic (exact) mass is 353 g/mol. The molecule has 2 rings (SSSR count). The Bertz CT molecular complexity index is 783. The van der Waals surface area contributed by atoms with Crippen LogP contribution in [0.2, 0.25) is 0 Å². The number of thiophene rings is 1. The van der Waals surface area contributed by atoms with Gasteiger partial charge in [-0.15, -0.1) is 11.3 Å². The molecule has 0 amide bonds. The predicted molar refractivity (Wildman–Crippen MR) is 107 cm³/mol. The standard InChI is InChI=1S/C19H22BN2O2S/c1-5-8-16(22-19-20-12(3)13(4)21-19)15(18(23)24)11-14(6-2)17-9-7-10-25-17/h6-11H,5H2,1-4H3,(H,21,22)(H,23,24)/b14-6+,15-11+,16-8-. The molecule has 1 aromatic rings. The van der Waals surface area contributed by atoms with Crippen molar-refractivity contribution in [2.24, 2.45) is 4.99 Å². The summed E-state index contributed by atoms with van der Waals surface area (Å²) in [6, 6.07) is 3.93. The number of hydrogen-bond acceptors (Lipinski definition) is 3. The largest absolute Gasteiger partial charge is 0.478 e. The van der Waals surface area contributed by atoms with Crippen molar-refractivity contribution in [3.8, 4) is 0 Å². The summed E-state index contributed by atoms with van der Waals surface area (Å²) in [4.78, 5) is 17.5. The Morgan fingerprint density at radius 2 is 2.20 bits per heavy atom. The Hall–Kier alpha value is -2.34. The van der Waals surface area contributed by atoms with Gasteiger partial charge < -0.3 is 10.4 Å². The summed E-state index contributed by atoms with van der Waals surface area (Å²) in [7, 11) is 1.92. The maximum atomic E-state index is 11.9. The quantitative estimate of drug-likeness (QED) is 0.453. The lowest BCUT2D eigenvalue weighted by Crippen LogP contribution is -2.20. The van der Waals surface area contributed by atoms with E-state index in [1.807, 2.05) is 64.6 Å². The van der Waals surface area contributed by atoms with E-state index < -0.39 is 5.97 Å². The predicted octanol–water partition coefficient (Wildman–Crippen LogP) is 4.37. The average Bonchev–Trinajstić information content (AvgIpc) is 3.19. The van der Waals surface area contributed by atoms with E-state index in [-0.39, 0.29) is 5.57 Å². The number of aliphatic imine (C=N–C) groups is 1. The number of nitrogens with one attached hydrogen (secondary N) is 1. The first-order valence-corrected chi connectivity index (χ1v) is 9.07. The van der Waals surface area contributed by atoms with Gasteiger partial charge in [0.15, 0.2) is 0 Å². The highest BCUT2D eigenvalue weighted by Crippen LogP contribution is 2.25. The molecule has 6 heteroatoms. The van der Waals surface area contributed by atoms with Gasteiger partial charge in [0.25, 0.3) is 0 Å². The van der Waals surface area contributed by atoms with Gasteiger partial charge in [-0.25, -0.2) is 9.79 Å². The molecular formula is C19H22BN2O2S. The van der Waals surface area contributed by atoms with Crippen LogP contribution in [0.3, 0.4) is 0 Å². The summed E-state index contributed by atoms with van der Waals surface area (Å²) < 4.78 is 0. The van der Waals surface area contributed by atoms with Gasteiger partial charge in [0.2, 0.25) is 7.28 Å². The van der Waals surface area contributed by atoms with Crippen LogP contribution in [0.5, 0.6) is 0 Å². The van der Waals surface area contributed by atoms with Gasteiger partial charge >= 0.3 is 5.97 Å². The molecule has 0 bridgehead atoms. The van der Waals surface area contributed by atoms with E-state index >= 15 is 0 Å². The summed E-state index contributed by atoms with van der Waals surface area (Å²) in [5, 5.41) is 14.9. The molecule has 0 atom stereocenters. The van der Waals surface area contributed by atoms with E-state index in [0.29, 0.717) is 17.9 Å². The van der Waals surface area contributed by atoms with Crippen molar-refractivity contribution in [3.05, 3.63) is 63.1 Å². The lowest BCUT2D eigenvalue weighted by Gasteiger charge is -2.08. The molecule has 0 unspecified atom stereocenters. The second-order valence-electron chi connectivity index (χ2n) is 5.66. The first-order valence-electron chi connectivity index (χ1n) is 8.19. The second kappa shape index (κ2) is 8.67. The normalized spacial score (nSPS) is 17.8. The summed E-state index contributed by atoms with van der Waals surface area (Å²) in [6.45, 7) is 7.84. The van der Waals surface area contributed by atoms with Crippen LogP contribution in [-0.4, -0.2) is 24.1 Å². The number of nitrogens with zero attached hydrogens (tertiary/aromatic N) is 1. The smallest absolute Gasteiger partial charge is 0.337 e. The lowest BCUT2D eigenvalue weighted by molar-refractivity contribution is -0.132. The molecule has 1 radical (unpaired) electrons. The Morgan fingerprint density at radius 1 is 1.44 bits per heavy atom. The van der Waals surface area contributed by atoms with Crippen LogP contribution >= 0.6 is 11.3 Å². The van der Waals surface area contributed by atoms with Gasteiger partial charge in [-0.05, 0) is 43.4 Å². The van der Waals surface area contributed by atoms with E-state index in [1.54, 1.807) is 17.4 Å². The molecule has 0 saturated carbocycles. The minimum Gasteiger partial charge on any atom is -0.478 e. The fourth-order valence-corrected chi connectivity index (χ4v) is 3.15. The van der Waals surface area contributed by atoms with E-state index in [9.17, 15) is 9.90 Å². The molecule has 2 N–H and O–H groups in total. The van der Waals surface area contributed by atoms with Gasteiger partial charge in [0.1, 0.15) is 0 Å². The molecule has 25 heavy (non-hydrogen) atoms. The molecule has 129 valence electrons. The van der Waals surface area contributed by atoms with Gasteiger partial charge in [0, 0.05) is 10.6 Å². The van der Waals surface area contributed by atoms with Crippen molar-refractivity contribution in [2.45, 2.75) is 34.1 Å². The zero-order chi connectivity index (χ0) is 18.4. The molecule has 0 saturated heterocycles. The molecule has 0 spiro atoms. The van der Waals surface area contributed by atoms with Crippen molar-refractivity contribution >= 4 is 35.9 Å². The third kappa shape index (κ3) is 4.83. The van der Waals surface area contributed by atoms with Gasteiger partial charge in [-0.1, -0.05) is 37.5 Å². The van der Waals surface area contributed by atoms with Crippen LogP contribution in [-0.2, 0) is 4.79 Å². The van der Waals surface area contributed by atoms with Crippen molar-refractivity contribution in [1.82, 2.24) is 5.32 Å². The van der Waals surface area contributed by atoms with Gasteiger partial charge in [0.05, 0.1) is 17.0 Å². The van der Waals surface area contributed by atoms with Crippen LogP contribution in [0.25, 0.3) is 5.57 Å². The Balaban J connectivity index is 2.42.